The zero-order valence-corrected chi connectivity index (χ0v) is 6.40. The summed E-state index contributed by atoms with van der Waals surface area (Å²) in [4.78, 5) is 3.18. The van der Waals surface area contributed by atoms with Crippen molar-refractivity contribution in [1.29, 1.82) is 5.39 Å². The molecule has 1 aromatic carbocycles. The van der Waals surface area contributed by atoms with E-state index in [0.29, 0.717) is 12.3 Å². The molecule has 0 radical (unpaired) electrons. The smallest absolute Gasteiger partial charge is 0.392 e. The van der Waals surface area contributed by atoms with Crippen molar-refractivity contribution in [3.63, 3.8) is 0 Å². The second-order valence-corrected chi connectivity index (χ2v) is 2.56. The number of fused-ring (bicyclic) bond motifs is 1. The van der Waals surface area contributed by atoms with Gasteiger partial charge in [0.1, 0.15) is 6.61 Å². The third-order valence-electron chi connectivity index (χ3n) is 1.85. The maximum absolute atomic E-state index is 8.64. The highest BCUT2D eigenvalue weighted by Crippen LogP contribution is 2.27. The van der Waals surface area contributed by atoms with Gasteiger partial charge in [0.25, 0.3) is 0 Å². The van der Waals surface area contributed by atoms with Crippen LogP contribution in [0.4, 0.5) is 5.69 Å². The summed E-state index contributed by atoms with van der Waals surface area (Å²) in [5.41, 5.74) is 2.58. The van der Waals surface area contributed by atoms with E-state index in [1.54, 1.807) is 18.4 Å². The summed E-state index contributed by atoms with van der Waals surface area (Å²) < 4.78 is 5.09. The Labute approximate surface area is 69.9 Å². The quantitative estimate of drug-likeness (QED) is 0.546. The Balaban J connectivity index is 2.64. The van der Waals surface area contributed by atoms with Crippen LogP contribution >= 0.6 is 0 Å². The fourth-order valence-corrected chi connectivity index (χ4v) is 1.26. The van der Waals surface area contributed by atoms with Gasteiger partial charge < -0.3 is 4.74 Å². The van der Waals surface area contributed by atoms with E-state index < -0.39 is 0 Å². The van der Waals surface area contributed by atoms with Gasteiger partial charge in [0.15, 0.2) is 4.98 Å². The molecule has 1 aliphatic rings. The summed E-state index contributed by atoms with van der Waals surface area (Å²) >= 11 is 0. The van der Waals surface area contributed by atoms with Crippen molar-refractivity contribution in [3.05, 3.63) is 40.6 Å². The van der Waals surface area contributed by atoms with Crippen LogP contribution < -0.4 is 0 Å². The van der Waals surface area contributed by atoms with Gasteiger partial charge in [0, 0.05) is 11.6 Å². The van der Waals surface area contributed by atoms with Crippen molar-refractivity contribution in [1.82, 2.24) is 0 Å². The third-order valence-corrected chi connectivity index (χ3v) is 1.85. The van der Waals surface area contributed by atoms with E-state index in [4.69, 9.17) is 10.1 Å². The molecule has 3 heteroatoms. The molecule has 1 heterocycles. The Morgan fingerprint density at radius 1 is 1.42 bits per heavy atom. The van der Waals surface area contributed by atoms with Gasteiger partial charge in [-0.1, -0.05) is 12.1 Å². The number of hydrogen-bond acceptors (Lipinski definition) is 2. The monoisotopic (exact) mass is 159 g/mol. The van der Waals surface area contributed by atoms with Gasteiger partial charge in [-0.2, -0.15) is 0 Å². The molecule has 3 nitrogen and oxygen atoms in total. The van der Waals surface area contributed by atoms with Crippen LogP contribution in [0.2, 0.25) is 0 Å². The summed E-state index contributed by atoms with van der Waals surface area (Å²) in [6.07, 6.45) is 3.41. The van der Waals surface area contributed by atoms with Gasteiger partial charge >= 0.3 is 5.69 Å². The van der Waals surface area contributed by atoms with Crippen LogP contribution in [0.1, 0.15) is 11.1 Å². The van der Waals surface area contributed by atoms with Gasteiger partial charge in [-0.25, -0.2) is 0 Å². The second-order valence-electron chi connectivity index (χ2n) is 2.56. The summed E-state index contributed by atoms with van der Waals surface area (Å²) in [5, 5.41) is 8.64. The normalized spacial score (nSPS) is 12.9. The van der Waals surface area contributed by atoms with E-state index in [1.807, 2.05) is 12.1 Å². The predicted molar refractivity (Wildman–Crippen MR) is 45.0 cm³/mol. The molecule has 0 aliphatic carbocycles. The molecule has 0 spiro atoms. The maximum Gasteiger partial charge on any atom is 0.392 e. The minimum atomic E-state index is 0.551. The number of benzene rings is 1. The highest BCUT2D eigenvalue weighted by Gasteiger charge is 2.16. The molecule has 0 saturated heterocycles. The standard InChI is InChI=1S/C9H7N2O/c10-11-9-3-1-2-7-6-12-5-4-8(7)9/h1-5H,6H2/q+1. The molecule has 0 fully saturated rings. The molecule has 0 aromatic heterocycles. The molecule has 0 saturated carbocycles. The summed E-state index contributed by atoms with van der Waals surface area (Å²) in [5.74, 6) is 0. The van der Waals surface area contributed by atoms with E-state index >= 15 is 0 Å². The molecule has 0 bridgehead atoms. The first kappa shape index (κ1) is 6.86. The van der Waals surface area contributed by atoms with Gasteiger partial charge in [0.05, 0.1) is 11.8 Å². The molecule has 0 unspecified atom stereocenters. The van der Waals surface area contributed by atoms with Crippen LogP contribution in [0.25, 0.3) is 11.1 Å². The molecule has 58 valence electrons. The van der Waals surface area contributed by atoms with Crippen molar-refractivity contribution in [3.8, 4) is 0 Å². The van der Waals surface area contributed by atoms with Crippen LogP contribution in [-0.2, 0) is 11.3 Å². The SMILES string of the molecule is N#[N+]c1cccc2c1C=COC2. The molecular formula is C9H7N2O+. The number of ether oxygens (including phenoxy) is 1. The highest BCUT2D eigenvalue weighted by molar-refractivity contribution is 5.70. The number of nitrogens with zero attached hydrogens (tertiary/aromatic N) is 2. The molecule has 1 aliphatic heterocycles. The lowest BCUT2D eigenvalue weighted by Crippen LogP contribution is -1.95. The van der Waals surface area contributed by atoms with E-state index in [9.17, 15) is 0 Å². The average molecular weight is 159 g/mol. The number of rotatable bonds is 0. The van der Waals surface area contributed by atoms with Crippen LogP contribution in [0.3, 0.4) is 0 Å². The Kier molecular flexibility index (Phi) is 1.52. The predicted octanol–water partition coefficient (Wildman–Crippen LogP) is 2.67. The molecule has 0 amide bonds. The zero-order chi connectivity index (χ0) is 8.39. The van der Waals surface area contributed by atoms with Crippen molar-refractivity contribution >= 4 is 11.8 Å². The molecule has 0 N–H and O–H groups in total. The van der Waals surface area contributed by atoms with Crippen molar-refractivity contribution in [2.45, 2.75) is 6.61 Å². The van der Waals surface area contributed by atoms with Gasteiger partial charge in [-0.3, -0.25) is 0 Å². The van der Waals surface area contributed by atoms with E-state index in [-0.39, 0.29) is 0 Å². The minimum absolute atomic E-state index is 0.551. The van der Waals surface area contributed by atoms with Crippen LogP contribution in [0.15, 0.2) is 24.5 Å². The second kappa shape index (κ2) is 2.67. The molecular weight excluding hydrogens is 152 g/mol. The Morgan fingerprint density at radius 2 is 2.33 bits per heavy atom. The maximum atomic E-state index is 8.64. The van der Waals surface area contributed by atoms with Crippen LogP contribution in [-0.4, -0.2) is 0 Å². The first-order valence-electron chi connectivity index (χ1n) is 3.67. The van der Waals surface area contributed by atoms with Gasteiger partial charge in [-0.05, 0) is 6.08 Å². The lowest BCUT2D eigenvalue weighted by Gasteiger charge is -2.07. The Morgan fingerprint density at radius 3 is 3.17 bits per heavy atom. The first-order chi connectivity index (χ1) is 5.92. The fourth-order valence-electron chi connectivity index (χ4n) is 1.26. The van der Waals surface area contributed by atoms with Gasteiger partial charge in [0.2, 0.25) is 5.39 Å². The van der Waals surface area contributed by atoms with Crippen LogP contribution in [0, 0.1) is 5.39 Å². The van der Waals surface area contributed by atoms with Gasteiger partial charge in [-0.15, -0.1) is 0 Å². The lowest BCUT2D eigenvalue weighted by molar-refractivity contribution is 0.234. The van der Waals surface area contributed by atoms with E-state index in [1.165, 1.54) is 0 Å². The molecule has 0 atom stereocenters. The molecule has 1 aromatic rings. The summed E-state index contributed by atoms with van der Waals surface area (Å²) in [6.45, 7) is 0.551. The largest absolute Gasteiger partial charge is 0.496 e. The lowest BCUT2D eigenvalue weighted by atomic mass is 10.1. The summed E-state index contributed by atoms with van der Waals surface area (Å²) in [6, 6.07) is 5.55. The first-order valence-corrected chi connectivity index (χ1v) is 3.67. The summed E-state index contributed by atoms with van der Waals surface area (Å²) in [7, 11) is 0. The zero-order valence-electron chi connectivity index (χ0n) is 6.40. The molecule has 2 rings (SSSR count). The Hall–Kier alpha value is -1.82. The number of hydrogen-bond donors (Lipinski definition) is 0. The fraction of sp³-hybridized carbons (Fsp3) is 0.111. The number of diazo groups is 1. The van der Waals surface area contributed by atoms with Crippen molar-refractivity contribution in [2.24, 2.45) is 0 Å². The van der Waals surface area contributed by atoms with E-state index in [2.05, 4.69) is 4.98 Å². The average Bonchev–Trinajstić information content (AvgIpc) is 2.17. The highest BCUT2D eigenvalue weighted by atomic mass is 16.5. The topological polar surface area (TPSA) is 37.4 Å². The molecule has 12 heavy (non-hydrogen) atoms. The van der Waals surface area contributed by atoms with Crippen LogP contribution in [0.5, 0.6) is 0 Å². The third kappa shape index (κ3) is 0.940. The van der Waals surface area contributed by atoms with Crippen molar-refractivity contribution in [2.75, 3.05) is 0 Å². The Bertz CT molecular complexity index is 377. The van der Waals surface area contributed by atoms with Crippen molar-refractivity contribution < 1.29 is 4.74 Å². The van der Waals surface area contributed by atoms with E-state index in [0.717, 1.165) is 11.1 Å². The minimum Gasteiger partial charge on any atom is -0.496 e.